The molecule has 1 heterocycles. The minimum atomic E-state index is -1.18. The van der Waals surface area contributed by atoms with Gasteiger partial charge in [-0.25, -0.2) is 4.39 Å². The molecule has 0 radical (unpaired) electrons. The third kappa shape index (κ3) is 2.41. The van der Waals surface area contributed by atoms with E-state index in [9.17, 15) is 4.39 Å². The summed E-state index contributed by atoms with van der Waals surface area (Å²) in [7, 11) is 3.09. The van der Waals surface area contributed by atoms with Crippen LogP contribution in [0.15, 0.2) is 30.3 Å². The highest BCUT2D eigenvalue weighted by Crippen LogP contribution is 2.38. The molecule has 100 valence electrons. The minimum Gasteiger partial charge on any atom is -0.379 e. The molecule has 1 fully saturated rings. The Morgan fingerprint density at radius 2 is 1.89 bits per heavy atom. The molecule has 0 amide bonds. The van der Waals surface area contributed by atoms with E-state index in [4.69, 9.17) is 14.2 Å². The number of benzene rings is 1. The molecule has 1 aromatic rings. The van der Waals surface area contributed by atoms with Gasteiger partial charge in [-0.15, -0.1) is 0 Å². The Morgan fingerprint density at radius 1 is 1.22 bits per heavy atom. The van der Waals surface area contributed by atoms with Gasteiger partial charge in [0.05, 0.1) is 6.10 Å². The zero-order valence-corrected chi connectivity index (χ0v) is 10.9. The van der Waals surface area contributed by atoms with E-state index in [0.29, 0.717) is 0 Å². The highest BCUT2D eigenvalue weighted by Gasteiger charge is 2.48. The second-order valence-electron chi connectivity index (χ2n) is 4.52. The van der Waals surface area contributed by atoms with Gasteiger partial charge in [-0.3, -0.25) is 0 Å². The van der Waals surface area contributed by atoms with Crippen LogP contribution in [0.25, 0.3) is 0 Å². The zero-order chi connectivity index (χ0) is 13.1. The van der Waals surface area contributed by atoms with Crippen molar-refractivity contribution in [3.63, 3.8) is 0 Å². The summed E-state index contributed by atoms with van der Waals surface area (Å²) in [6.07, 6.45) is -2.95. The lowest BCUT2D eigenvalue weighted by Gasteiger charge is -2.22. The molecule has 0 N–H and O–H groups in total. The Labute approximate surface area is 107 Å². The lowest BCUT2D eigenvalue weighted by Crippen LogP contribution is -2.38. The number of ether oxygens (including phenoxy) is 3. The van der Waals surface area contributed by atoms with Crippen molar-refractivity contribution < 1.29 is 18.6 Å². The van der Waals surface area contributed by atoms with Crippen molar-refractivity contribution in [2.75, 3.05) is 14.2 Å². The first-order chi connectivity index (χ1) is 8.69. The molecule has 1 aliphatic heterocycles. The summed E-state index contributed by atoms with van der Waals surface area (Å²) in [5, 5.41) is 0. The van der Waals surface area contributed by atoms with Crippen LogP contribution >= 0.6 is 0 Å². The molecule has 3 nitrogen and oxygen atoms in total. The number of hydrogen-bond acceptors (Lipinski definition) is 3. The Kier molecular flexibility index (Phi) is 4.32. The molecular weight excluding hydrogens is 235 g/mol. The molecule has 18 heavy (non-hydrogen) atoms. The van der Waals surface area contributed by atoms with Crippen LogP contribution < -0.4 is 0 Å². The molecule has 1 unspecified atom stereocenters. The molecule has 0 aromatic heterocycles. The van der Waals surface area contributed by atoms with E-state index >= 15 is 0 Å². The topological polar surface area (TPSA) is 27.7 Å². The van der Waals surface area contributed by atoms with Crippen molar-refractivity contribution >= 4 is 0 Å². The van der Waals surface area contributed by atoms with E-state index in [2.05, 4.69) is 0 Å². The van der Waals surface area contributed by atoms with Crippen molar-refractivity contribution in [1.82, 2.24) is 0 Å². The molecule has 2 rings (SSSR count). The predicted molar refractivity (Wildman–Crippen MR) is 66.2 cm³/mol. The fourth-order valence-electron chi connectivity index (χ4n) is 2.36. The monoisotopic (exact) mass is 254 g/mol. The summed E-state index contributed by atoms with van der Waals surface area (Å²) in [4.78, 5) is 0. The van der Waals surface area contributed by atoms with Gasteiger partial charge in [-0.2, -0.15) is 0 Å². The molecule has 0 spiro atoms. The summed E-state index contributed by atoms with van der Waals surface area (Å²) < 4.78 is 30.6. The second-order valence-corrected chi connectivity index (χ2v) is 4.52. The molecule has 4 heteroatoms. The Balaban J connectivity index is 2.20. The van der Waals surface area contributed by atoms with Crippen LogP contribution in [0.5, 0.6) is 0 Å². The SMILES string of the molecule is COC(C)[C@H]1O[C@@H](c2ccccc2)[C@H](F)[C@@H]1OC. The molecule has 1 aromatic carbocycles. The van der Waals surface area contributed by atoms with Gasteiger partial charge in [0.1, 0.15) is 18.3 Å². The average molecular weight is 254 g/mol. The van der Waals surface area contributed by atoms with E-state index in [-0.39, 0.29) is 12.2 Å². The highest BCUT2D eigenvalue weighted by atomic mass is 19.1. The van der Waals surface area contributed by atoms with Gasteiger partial charge in [0.25, 0.3) is 0 Å². The van der Waals surface area contributed by atoms with Crippen LogP contribution in [0.3, 0.4) is 0 Å². The minimum absolute atomic E-state index is 0.207. The number of halogens is 1. The van der Waals surface area contributed by atoms with Crippen LogP contribution in [0.1, 0.15) is 18.6 Å². The third-order valence-electron chi connectivity index (χ3n) is 3.47. The second kappa shape index (κ2) is 5.78. The fraction of sp³-hybridized carbons (Fsp3) is 0.571. The van der Waals surface area contributed by atoms with Crippen molar-refractivity contribution in [1.29, 1.82) is 0 Å². The molecule has 0 bridgehead atoms. The van der Waals surface area contributed by atoms with Crippen LogP contribution in [-0.4, -0.2) is 38.7 Å². The largest absolute Gasteiger partial charge is 0.379 e. The van der Waals surface area contributed by atoms with Crippen molar-refractivity contribution in [3.05, 3.63) is 35.9 Å². The Bertz CT molecular complexity index is 371. The van der Waals surface area contributed by atoms with Crippen molar-refractivity contribution in [2.45, 2.75) is 37.5 Å². The summed E-state index contributed by atoms with van der Waals surface area (Å²) in [5.74, 6) is 0. The number of rotatable bonds is 4. The van der Waals surface area contributed by atoms with Gasteiger partial charge in [0.2, 0.25) is 0 Å². The molecule has 0 aliphatic carbocycles. The van der Waals surface area contributed by atoms with Gasteiger partial charge in [0, 0.05) is 14.2 Å². The molecule has 0 saturated carbocycles. The standard InChI is InChI=1S/C14H19FO3/c1-9(16-2)12-14(17-3)11(15)13(18-12)10-7-5-4-6-8-10/h4-9,11-14H,1-3H3/t9?,11-,12+,13-,14-/m0/s1. The molecular formula is C14H19FO3. The molecule has 1 aliphatic rings. The van der Waals surface area contributed by atoms with Gasteiger partial charge >= 0.3 is 0 Å². The lowest BCUT2D eigenvalue weighted by molar-refractivity contribution is -0.0821. The van der Waals surface area contributed by atoms with Crippen LogP contribution in [0.4, 0.5) is 4.39 Å². The number of alkyl halides is 1. The fourth-order valence-corrected chi connectivity index (χ4v) is 2.36. The number of methoxy groups -OCH3 is 2. The Hall–Kier alpha value is -0.970. The smallest absolute Gasteiger partial charge is 0.159 e. The lowest BCUT2D eigenvalue weighted by atomic mass is 10.0. The van der Waals surface area contributed by atoms with Crippen LogP contribution in [-0.2, 0) is 14.2 Å². The first-order valence-corrected chi connectivity index (χ1v) is 6.09. The van der Waals surface area contributed by atoms with Crippen molar-refractivity contribution in [3.8, 4) is 0 Å². The van der Waals surface area contributed by atoms with Gasteiger partial charge in [-0.05, 0) is 12.5 Å². The first-order valence-electron chi connectivity index (χ1n) is 6.09. The van der Waals surface area contributed by atoms with E-state index in [1.807, 2.05) is 37.3 Å². The quantitative estimate of drug-likeness (QED) is 0.826. The summed E-state index contributed by atoms with van der Waals surface area (Å²) in [6, 6.07) is 9.38. The maximum atomic E-state index is 14.4. The first kappa shape index (κ1) is 13.5. The molecule has 1 saturated heterocycles. The summed E-state index contributed by atoms with van der Waals surface area (Å²) in [5.41, 5.74) is 0.831. The molecule has 5 atom stereocenters. The van der Waals surface area contributed by atoms with Gasteiger partial charge in [-0.1, -0.05) is 30.3 Å². The van der Waals surface area contributed by atoms with E-state index < -0.39 is 18.4 Å². The van der Waals surface area contributed by atoms with Crippen molar-refractivity contribution in [2.24, 2.45) is 0 Å². The van der Waals surface area contributed by atoms with E-state index in [1.54, 1.807) is 7.11 Å². The maximum Gasteiger partial charge on any atom is 0.159 e. The van der Waals surface area contributed by atoms with Gasteiger partial charge < -0.3 is 14.2 Å². The van der Waals surface area contributed by atoms with Crippen LogP contribution in [0, 0.1) is 0 Å². The Morgan fingerprint density at radius 3 is 2.44 bits per heavy atom. The van der Waals surface area contributed by atoms with E-state index in [1.165, 1.54) is 7.11 Å². The number of hydrogen-bond donors (Lipinski definition) is 0. The average Bonchev–Trinajstić information content (AvgIpc) is 2.75. The normalized spacial score (nSPS) is 33.6. The predicted octanol–water partition coefficient (Wildman–Crippen LogP) is 2.51. The zero-order valence-electron chi connectivity index (χ0n) is 10.9. The maximum absolute atomic E-state index is 14.4. The summed E-state index contributed by atoms with van der Waals surface area (Å²) in [6.45, 7) is 1.86. The third-order valence-corrected chi connectivity index (χ3v) is 3.47. The van der Waals surface area contributed by atoms with E-state index in [0.717, 1.165) is 5.56 Å². The summed E-state index contributed by atoms with van der Waals surface area (Å²) >= 11 is 0. The van der Waals surface area contributed by atoms with Crippen LogP contribution in [0.2, 0.25) is 0 Å². The van der Waals surface area contributed by atoms with Gasteiger partial charge in [0.15, 0.2) is 6.17 Å². The highest BCUT2D eigenvalue weighted by molar-refractivity contribution is 5.21.